The van der Waals surface area contributed by atoms with Crippen LogP contribution in [0.5, 0.6) is 0 Å². The number of ether oxygens (including phenoxy) is 1. The van der Waals surface area contributed by atoms with Crippen LogP contribution >= 0.6 is 11.6 Å². The quantitative estimate of drug-likeness (QED) is 0.433. The second-order valence-corrected chi connectivity index (χ2v) is 6.56. The maximum atomic E-state index is 13.1. The largest absolute Gasteiger partial charge is 0.452 e. The van der Waals surface area contributed by atoms with E-state index < -0.39 is 5.97 Å². The third-order valence-electron chi connectivity index (χ3n) is 4.22. The normalized spacial score (nSPS) is 10.9. The van der Waals surface area contributed by atoms with Crippen LogP contribution in [0.4, 0.5) is 4.39 Å². The standard InChI is InChI=1S/C21H15ClFN3O3/c1-13-19(20(22)26(25-13)16-9-7-15(23)8-10-16)21(27)28-12-18-24-11-17(29-18)14-5-3-2-4-6-14/h2-11H,12H2,1H3. The average molecular weight is 412 g/mol. The van der Waals surface area contributed by atoms with Crippen LogP contribution in [0.25, 0.3) is 17.0 Å². The van der Waals surface area contributed by atoms with Crippen LogP contribution < -0.4 is 0 Å². The third kappa shape index (κ3) is 3.90. The lowest BCUT2D eigenvalue weighted by molar-refractivity contribution is 0.0438. The molecule has 0 saturated heterocycles. The van der Waals surface area contributed by atoms with Gasteiger partial charge in [-0.3, -0.25) is 0 Å². The molecule has 0 N–H and O–H groups in total. The zero-order chi connectivity index (χ0) is 20.4. The van der Waals surface area contributed by atoms with Gasteiger partial charge in [0.15, 0.2) is 12.4 Å². The minimum Gasteiger partial charge on any atom is -0.452 e. The lowest BCUT2D eigenvalue weighted by atomic mass is 10.2. The Balaban J connectivity index is 1.49. The van der Waals surface area contributed by atoms with Crippen molar-refractivity contribution in [2.24, 2.45) is 0 Å². The Morgan fingerprint density at radius 2 is 1.90 bits per heavy atom. The first-order chi connectivity index (χ1) is 14.0. The van der Waals surface area contributed by atoms with E-state index >= 15 is 0 Å². The molecule has 0 amide bonds. The van der Waals surface area contributed by atoms with E-state index in [9.17, 15) is 9.18 Å². The number of nitrogens with zero attached hydrogens (tertiary/aromatic N) is 3. The maximum Gasteiger partial charge on any atom is 0.343 e. The second kappa shape index (κ2) is 7.89. The van der Waals surface area contributed by atoms with Gasteiger partial charge < -0.3 is 9.15 Å². The zero-order valence-corrected chi connectivity index (χ0v) is 16.1. The van der Waals surface area contributed by atoms with Crippen LogP contribution in [0.1, 0.15) is 21.9 Å². The molecule has 6 nitrogen and oxygen atoms in total. The van der Waals surface area contributed by atoms with Crippen LogP contribution in [0.2, 0.25) is 5.15 Å². The molecule has 146 valence electrons. The molecule has 29 heavy (non-hydrogen) atoms. The number of hydrogen-bond donors (Lipinski definition) is 0. The van der Waals surface area contributed by atoms with E-state index in [4.69, 9.17) is 20.8 Å². The minimum absolute atomic E-state index is 0.0801. The molecule has 0 aliphatic rings. The summed E-state index contributed by atoms with van der Waals surface area (Å²) in [6.07, 6.45) is 1.57. The summed E-state index contributed by atoms with van der Waals surface area (Å²) in [5.74, 6) is -0.193. The Morgan fingerprint density at radius 1 is 1.17 bits per heavy atom. The summed E-state index contributed by atoms with van der Waals surface area (Å²) in [4.78, 5) is 16.7. The molecular weight excluding hydrogens is 397 g/mol. The van der Waals surface area contributed by atoms with Crippen molar-refractivity contribution in [3.05, 3.63) is 88.9 Å². The predicted molar refractivity (Wildman–Crippen MR) is 104 cm³/mol. The van der Waals surface area contributed by atoms with E-state index in [1.807, 2.05) is 30.3 Å². The first kappa shape index (κ1) is 18.9. The molecular formula is C21H15ClFN3O3. The first-order valence-corrected chi connectivity index (χ1v) is 9.09. The van der Waals surface area contributed by atoms with Gasteiger partial charge in [-0.15, -0.1) is 0 Å². The van der Waals surface area contributed by atoms with E-state index in [0.717, 1.165) is 5.56 Å². The molecule has 0 aliphatic heterocycles. The van der Waals surface area contributed by atoms with Gasteiger partial charge >= 0.3 is 5.97 Å². The summed E-state index contributed by atoms with van der Waals surface area (Å²) in [6.45, 7) is 1.49. The number of esters is 1. The van der Waals surface area contributed by atoms with Crippen molar-refractivity contribution in [1.82, 2.24) is 14.8 Å². The fourth-order valence-electron chi connectivity index (χ4n) is 2.80. The van der Waals surface area contributed by atoms with E-state index in [2.05, 4.69) is 10.1 Å². The highest BCUT2D eigenvalue weighted by Gasteiger charge is 2.23. The number of rotatable bonds is 5. The summed E-state index contributed by atoms with van der Waals surface area (Å²) in [5.41, 5.74) is 1.92. The lowest BCUT2D eigenvalue weighted by Crippen LogP contribution is -2.07. The van der Waals surface area contributed by atoms with Crippen LogP contribution in [-0.2, 0) is 11.3 Å². The molecule has 0 bridgehead atoms. The van der Waals surface area contributed by atoms with Crippen LogP contribution in [-0.4, -0.2) is 20.7 Å². The summed E-state index contributed by atoms with van der Waals surface area (Å²) in [5, 5.41) is 4.33. The number of carbonyl (C=O) groups is 1. The predicted octanol–water partition coefficient (Wildman–Crippen LogP) is 4.99. The average Bonchev–Trinajstić information content (AvgIpc) is 3.32. The molecule has 4 rings (SSSR count). The number of halogens is 2. The molecule has 8 heteroatoms. The van der Waals surface area contributed by atoms with E-state index in [1.165, 1.54) is 28.9 Å². The molecule has 4 aromatic rings. The Labute approximate surface area is 170 Å². The SMILES string of the molecule is Cc1nn(-c2ccc(F)cc2)c(Cl)c1C(=O)OCc1ncc(-c2ccccc2)o1. The van der Waals surface area contributed by atoms with Gasteiger partial charge in [-0.1, -0.05) is 41.9 Å². The highest BCUT2D eigenvalue weighted by atomic mass is 35.5. The van der Waals surface area contributed by atoms with Gasteiger partial charge in [-0.25, -0.2) is 18.9 Å². The first-order valence-electron chi connectivity index (χ1n) is 8.71. The highest BCUT2D eigenvalue weighted by molar-refractivity contribution is 6.33. The minimum atomic E-state index is -0.652. The number of hydrogen-bond acceptors (Lipinski definition) is 5. The Hall–Kier alpha value is -3.45. The van der Waals surface area contributed by atoms with Crippen molar-refractivity contribution in [1.29, 1.82) is 0 Å². The molecule has 0 aliphatic carbocycles. The third-order valence-corrected chi connectivity index (χ3v) is 4.57. The van der Waals surface area contributed by atoms with Crippen molar-refractivity contribution in [3.8, 4) is 17.0 Å². The van der Waals surface area contributed by atoms with Crippen molar-refractivity contribution >= 4 is 17.6 Å². The molecule has 0 atom stereocenters. The molecule has 2 aromatic heterocycles. The molecule has 0 radical (unpaired) electrons. The van der Waals surface area contributed by atoms with E-state index in [1.54, 1.807) is 13.1 Å². The number of oxazole rings is 1. The number of carbonyl (C=O) groups excluding carboxylic acids is 1. The second-order valence-electron chi connectivity index (χ2n) is 6.20. The topological polar surface area (TPSA) is 70.2 Å². The molecule has 0 unspecified atom stereocenters. The summed E-state index contributed by atoms with van der Waals surface area (Å²) in [7, 11) is 0. The molecule has 0 saturated carbocycles. The van der Waals surface area contributed by atoms with Gasteiger partial charge in [0.25, 0.3) is 0 Å². The van der Waals surface area contributed by atoms with Crippen molar-refractivity contribution in [2.75, 3.05) is 0 Å². The van der Waals surface area contributed by atoms with Crippen LogP contribution in [0.3, 0.4) is 0 Å². The summed E-state index contributed by atoms with van der Waals surface area (Å²) in [6, 6.07) is 15.1. The van der Waals surface area contributed by atoms with Gasteiger partial charge in [0.2, 0.25) is 5.89 Å². The van der Waals surface area contributed by atoms with Crippen LogP contribution in [0.15, 0.2) is 65.2 Å². The number of benzene rings is 2. The van der Waals surface area contributed by atoms with Crippen molar-refractivity contribution in [3.63, 3.8) is 0 Å². The van der Waals surface area contributed by atoms with Crippen LogP contribution in [0, 0.1) is 12.7 Å². The van der Waals surface area contributed by atoms with Gasteiger partial charge in [-0.2, -0.15) is 5.10 Å². The van der Waals surface area contributed by atoms with Gasteiger partial charge in [0, 0.05) is 5.56 Å². The Kier molecular flexibility index (Phi) is 5.14. The molecule has 0 spiro atoms. The van der Waals surface area contributed by atoms with Crippen molar-refractivity contribution < 1.29 is 18.3 Å². The number of aromatic nitrogens is 3. The maximum absolute atomic E-state index is 13.1. The smallest absolute Gasteiger partial charge is 0.343 e. The Morgan fingerprint density at radius 3 is 2.62 bits per heavy atom. The van der Waals surface area contributed by atoms with E-state index in [0.29, 0.717) is 17.1 Å². The fraction of sp³-hybridized carbons (Fsp3) is 0.0952. The monoisotopic (exact) mass is 411 g/mol. The van der Waals surface area contributed by atoms with Gasteiger partial charge in [-0.05, 0) is 31.2 Å². The number of aryl methyl sites for hydroxylation is 1. The van der Waals surface area contributed by atoms with Gasteiger partial charge in [0.1, 0.15) is 16.5 Å². The summed E-state index contributed by atoms with van der Waals surface area (Å²) >= 11 is 6.33. The summed E-state index contributed by atoms with van der Waals surface area (Å²) < 4.78 is 25.4. The van der Waals surface area contributed by atoms with Crippen molar-refractivity contribution in [2.45, 2.75) is 13.5 Å². The fourth-order valence-corrected chi connectivity index (χ4v) is 3.15. The molecule has 2 heterocycles. The lowest BCUT2D eigenvalue weighted by Gasteiger charge is -2.04. The molecule has 0 fully saturated rings. The highest BCUT2D eigenvalue weighted by Crippen LogP contribution is 2.25. The zero-order valence-electron chi connectivity index (χ0n) is 15.3. The van der Waals surface area contributed by atoms with E-state index in [-0.39, 0.29) is 29.0 Å². The Bertz CT molecular complexity index is 1150. The molecule has 2 aromatic carbocycles. The van der Waals surface area contributed by atoms with Gasteiger partial charge in [0.05, 0.1) is 17.6 Å².